The first-order valence-electron chi connectivity index (χ1n) is 5.04. The highest BCUT2D eigenvalue weighted by atomic mass is 16.5. The number of ether oxygens (including phenoxy) is 1. The number of allylic oxidation sites excluding steroid dienone is 2. The van der Waals surface area contributed by atoms with Gasteiger partial charge >= 0.3 is 5.97 Å². The Bertz CT molecular complexity index is 196. The van der Waals surface area contributed by atoms with Crippen LogP contribution in [-0.4, -0.2) is 12.1 Å². The molecule has 0 unspecified atom stereocenters. The second-order valence-corrected chi connectivity index (χ2v) is 3.82. The van der Waals surface area contributed by atoms with Crippen molar-refractivity contribution in [2.45, 2.75) is 45.6 Å². The molecule has 74 valence electrons. The van der Waals surface area contributed by atoms with Gasteiger partial charge in [-0.3, -0.25) is 4.79 Å². The molecule has 2 heteroatoms. The summed E-state index contributed by atoms with van der Waals surface area (Å²) in [7, 11) is 0. The van der Waals surface area contributed by atoms with Crippen molar-refractivity contribution in [2.75, 3.05) is 0 Å². The second kappa shape index (κ2) is 5.05. The van der Waals surface area contributed by atoms with Crippen molar-refractivity contribution >= 4 is 5.97 Å². The van der Waals surface area contributed by atoms with E-state index in [1.165, 1.54) is 0 Å². The van der Waals surface area contributed by atoms with Gasteiger partial charge in [-0.05, 0) is 32.1 Å². The molecule has 0 saturated heterocycles. The minimum absolute atomic E-state index is 0.0466. The lowest BCUT2D eigenvalue weighted by atomic mass is 10.0. The van der Waals surface area contributed by atoms with Crippen molar-refractivity contribution in [3.05, 3.63) is 12.2 Å². The summed E-state index contributed by atoms with van der Waals surface area (Å²) in [6, 6.07) is 0. The predicted molar refractivity (Wildman–Crippen MR) is 52.3 cm³/mol. The molecule has 0 bridgehead atoms. The van der Waals surface area contributed by atoms with Crippen LogP contribution in [0.2, 0.25) is 0 Å². The number of carbonyl (C=O) groups is 1. The molecule has 0 fully saturated rings. The first-order valence-corrected chi connectivity index (χ1v) is 5.04. The van der Waals surface area contributed by atoms with Gasteiger partial charge in [-0.2, -0.15) is 0 Å². The summed E-state index contributed by atoms with van der Waals surface area (Å²) in [6.45, 7) is 4.09. The monoisotopic (exact) mass is 182 g/mol. The van der Waals surface area contributed by atoms with Gasteiger partial charge in [-0.1, -0.05) is 19.1 Å². The average Bonchev–Trinajstić information content (AvgIpc) is 2.08. The van der Waals surface area contributed by atoms with E-state index in [2.05, 4.69) is 19.1 Å². The van der Waals surface area contributed by atoms with Crippen LogP contribution < -0.4 is 0 Å². The third-order valence-electron chi connectivity index (χ3n) is 2.34. The van der Waals surface area contributed by atoms with Gasteiger partial charge in [-0.25, -0.2) is 0 Å². The van der Waals surface area contributed by atoms with Crippen LogP contribution in [0.5, 0.6) is 0 Å². The normalized spacial score (nSPS) is 33.5. The standard InChI is InChI=1S/C11H18O2/c1-9-5-3-4-6-10(2)13-11(12)8-7-9/h3,5,9-10H,4,6-8H2,1-2H3/b5-3-/t9-,10+/m1/s1. The zero-order valence-corrected chi connectivity index (χ0v) is 8.45. The summed E-state index contributed by atoms with van der Waals surface area (Å²) in [5.74, 6) is 0.454. The van der Waals surface area contributed by atoms with E-state index >= 15 is 0 Å². The smallest absolute Gasteiger partial charge is 0.306 e. The van der Waals surface area contributed by atoms with E-state index in [9.17, 15) is 4.79 Å². The number of hydrogen-bond acceptors (Lipinski definition) is 2. The number of cyclic esters (lactones) is 1. The Kier molecular flexibility index (Phi) is 4.00. The van der Waals surface area contributed by atoms with E-state index in [0.29, 0.717) is 12.3 Å². The minimum atomic E-state index is -0.0466. The molecule has 0 saturated carbocycles. The molecule has 2 nitrogen and oxygen atoms in total. The lowest BCUT2D eigenvalue weighted by molar-refractivity contribution is -0.148. The molecule has 1 rings (SSSR count). The summed E-state index contributed by atoms with van der Waals surface area (Å²) in [5.41, 5.74) is 0. The largest absolute Gasteiger partial charge is 0.463 e. The molecule has 0 aliphatic carbocycles. The summed E-state index contributed by atoms with van der Waals surface area (Å²) in [6.07, 6.45) is 7.88. The molecule has 1 aliphatic heterocycles. The minimum Gasteiger partial charge on any atom is -0.463 e. The molecule has 2 atom stereocenters. The van der Waals surface area contributed by atoms with Crippen molar-refractivity contribution in [1.82, 2.24) is 0 Å². The summed E-state index contributed by atoms with van der Waals surface area (Å²) in [4.78, 5) is 11.2. The highest BCUT2D eigenvalue weighted by Gasteiger charge is 2.11. The number of rotatable bonds is 0. The Labute approximate surface area is 80.0 Å². The van der Waals surface area contributed by atoms with Crippen LogP contribution in [0.1, 0.15) is 39.5 Å². The van der Waals surface area contributed by atoms with Gasteiger partial charge < -0.3 is 4.74 Å². The third kappa shape index (κ3) is 4.11. The van der Waals surface area contributed by atoms with Crippen molar-refractivity contribution in [1.29, 1.82) is 0 Å². The quantitative estimate of drug-likeness (QED) is 0.425. The summed E-state index contributed by atoms with van der Waals surface area (Å²) >= 11 is 0. The fourth-order valence-corrected chi connectivity index (χ4v) is 1.44. The van der Waals surface area contributed by atoms with Gasteiger partial charge in [0.25, 0.3) is 0 Å². The van der Waals surface area contributed by atoms with Gasteiger partial charge in [-0.15, -0.1) is 0 Å². The van der Waals surface area contributed by atoms with Crippen molar-refractivity contribution in [3.8, 4) is 0 Å². The molecule has 1 heterocycles. The van der Waals surface area contributed by atoms with Gasteiger partial charge in [0.2, 0.25) is 0 Å². The lowest BCUT2D eigenvalue weighted by Crippen LogP contribution is -2.15. The summed E-state index contributed by atoms with van der Waals surface area (Å²) < 4.78 is 5.20. The third-order valence-corrected chi connectivity index (χ3v) is 2.34. The number of esters is 1. The molecular weight excluding hydrogens is 164 g/mol. The van der Waals surface area contributed by atoms with Crippen LogP contribution in [0, 0.1) is 5.92 Å². The van der Waals surface area contributed by atoms with Crippen LogP contribution in [-0.2, 0) is 9.53 Å². The fourth-order valence-electron chi connectivity index (χ4n) is 1.44. The molecular formula is C11H18O2. The van der Waals surface area contributed by atoms with E-state index in [4.69, 9.17) is 4.74 Å². The average molecular weight is 182 g/mol. The zero-order valence-electron chi connectivity index (χ0n) is 8.45. The Morgan fingerprint density at radius 1 is 1.38 bits per heavy atom. The Balaban J connectivity index is 2.49. The number of hydrogen-bond donors (Lipinski definition) is 0. The van der Waals surface area contributed by atoms with Crippen LogP contribution >= 0.6 is 0 Å². The topological polar surface area (TPSA) is 26.3 Å². The molecule has 0 aromatic heterocycles. The van der Waals surface area contributed by atoms with E-state index in [1.807, 2.05) is 6.92 Å². The van der Waals surface area contributed by atoms with E-state index in [1.54, 1.807) is 0 Å². The van der Waals surface area contributed by atoms with E-state index in [-0.39, 0.29) is 12.1 Å². The van der Waals surface area contributed by atoms with Crippen LogP contribution in [0.25, 0.3) is 0 Å². The predicted octanol–water partition coefficient (Wildman–Crippen LogP) is 2.68. The van der Waals surface area contributed by atoms with Gasteiger partial charge in [0.1, 0.15) is 0 Å². The molecule has 0 aromatic carbocycles. The maximum Gasteiger partial charge on any atom is 0.306 e. The molecule has 0 N–H and O–H groups in total. The first kappa shape index (κ1) is 10.3. The molecule has 13 heavy (non-hydrogen) atoms. The van der Waals surface area contributed by atoms with Crippen LogP contribution in [0.3, 0.4) is 0 Å². The van der Waals surface area contributed by atoms with E-state index < -0.39 is 0 Å². The Morgan fingerprint density at radius 2 is 2.15 bits per heavy atom. The Morgan fingerprint density at radius 3 is 2.92 bits per heavy atom. The SMILES string of the molecule is C[C@@H]1/C=C\CC[C@H](C)OC(=O)CC1. The highest BCUT2D eigenvalue weighted by Crippen LogP contribution is 2.13. The lowest BCUT2D eigenvalue weighted by Gasteiger charge is -2.14. The molecule has 0 aromatic rings. The van der Waals surface area contributed by atoms with Crippen molar-refractivity contribution < 1.29 is 9.53 Å². The second-order valence-electron chi connectivity index (χ2n) is 3.82. The van der Waals surface area contributed by atoms with Crippen molar-refractivity contribution in [2.24, 2.45) is 5.92 Å². The van der Waals surface area contributed by atoms with E-state index in [0.717, 1.165) is 19.3 Å². The summed E-state index contributed by atoms with van der Waals surface area (Å²) in [5, 5.41) is 0. The van der Waals surface area contributed by atoms with Gasteiger partial charge in [0.15, 0.2) is 0 Å². The molecule has 0 radical (unpaired) electrons. The Hall–Kier alpha value is -0.790. The maximum atomic E-state index is 11.2. The first-order chi connectivity index (χ1) is 6.18. The zero-order chi connectivity index (χ0) is 9.68. The van der Waals surface area contributed by atoms with Gasteiger partial charge in [0, 0.05) is 6.42 Å². The molecule has 0 amide bonds. The molecule has 1 aliphatic rings. The van der Waals surface area contributed by atoms with Gasteiger partial charge in [0.05, 0.1) is 6.10 Å². The molecule has 0 spiro atoms. The van der Waals surface area contributed by atoms with Crippen LogP contribution in [0.4, 0.5) is 0 Å². The van der Waals surface area contributed by atoms with Crippen molar-refractivity contribution in [3.63, 3.8) is 0 Å². The number of carbonyl (C=O) groups excluding carboxylic acids is 1. The maximum absolute atomic E-state index is 11.2. The van der Waals surface area contributed by atoms with Crippen LogP contribution in [0.15, 0.2) is 12.2 Å². The highest BCUT2D eigenvalue weighted by molar-refractivity contribution is 5.69. The fraction of sp³-hybridized carbons (Fsp3) is 0.727.